The maximum Gasteiger partial charge on any atom is 0.161 e. The molecule has 4 aromatic carbocycles. The smallest absolute Gasteiger partial charge is 0.161 e. The lowest BCUT2D eigenvalue weighted by molar-refractivity contribution is 0.284. The summed E-state index contributed by atoms with van der Waals surface area (Å²) in [6, 6.07) is 31.0. The van der Waals surface area contributed by atoms with Gasteiger partial charge in [-0.3, -0.25) is 4.99 Å². The van der Waals surface area contributed by atoms with Crippen LogP contribution in [0.25, 0.3) is 0 Å². The Bertz CT molecular complexity index is 1500. The highest BCUT2D eigenvalue weighted by Gasteiger charge is 2.37. The standard InChI is InChI=1S/C33H29ClN2O2/c1-37-32-19-22(12-17-31(32)38-21-23-6-4-7-25(34)18-23)20-35-26-15-13-24(14-16-26)33-29-10-5-9-27(29)28-8-2-3-11-30(28)36-33/h2-9,11-20,27,29,33,36H,10,21H2,1H3/t27-,29+,33+/m1/s1. The van der Waals surface area contributed by atoms with Crippen LogP contribution < -0.4 is 14.8 Å². The lowest BCUT2D eigenvalue weighted by Crippen LogP contribution is -2.28. The van der Waals surface area contributed by atoms with E-state index in [2.05, 4.69) is 66.0 Å². The van der Waals surface area contributed by atoms with Gasteiger partial charge in [0, 0.05) is 22.8 Å². The molecule has 0 radical (unpaired) electrons. The Balaban J connectivity index is 1.14. The topological polar surface area (TPSA) is 42.8 Å². The number of benzene rings is 4. The van der Waals surface area contributed by atoms with E-state index in [-0.39, 0.29) is 6.04 Å². The van der Waals surface area contributed by atoms with Crippen LogP contribution in [0.1, 0.15) is 40.6 Å². The number of methoxy groups -OCH3 is 1. The van der Waals surface area contributed by atoms with Gasteiger partial charge in [0.15, 0.2) is 11.5 Å². The highest BCUT2D eigenvalue weighted by Crippen LogP contribution is 2.49. The number of para-hydroxylation sites is 1. The maximum absolute atomic E-state index is 6.08. The molecule has 0 saturated carbocycles. The number of aliphatic imine (C=N–C) groups is 1. The molecule has 5 heteroatoms. The zero-order valence-electron chi connectivity index (χ0n) is 21.2. The summed E-state index contributed by atoms with van der Waals surface area (Å²) in [7, 11) is 1.64. The quantitative estimate of drug-likeness (QED) is 0.196. The Morgan fingerprint density at radius 3 is 2.66 bits per heavy atom. The van der Waals surface area contributed by atoms with Crippen molar-refractivity contribution in [2.24, 2.45) is 10.9 Å². The van der Waals surface area contributed by atoms with E-state index in [4.69, 9.17) is 26.1 Å². The van der Waals surface area contributed by atoms with Gasteiger partial charge in [-0.15, -0.1) is 0 Å². The second-order valence-electron chi connectivity index (χ2n) is 9.74. The molecule has 0 aromatic heterocycles. The predicted octanol–water partition coefficient (Wildman–Crippen LogP) is 8.50. The number of anilines is 1. The van der Waals surface area contributed by atoms with Crippen molar-refractivity contribution in [1.82, 2.24) is 0 Å². The number of hydrogen-bond donors (Lipinski definition) is 1. The molecule has 2 aliphatic rings. The van der Waals surface area contributed by atoms with Gasteiger partial charge >= 0.3 is 0 Å². The van der Waals surface area contributed by atoms with Crippen LogP contribution in [0.2, 0.25) is 5.02 Å². The van der Waals surface area contributed by atoms with E-state index < -0.39 is 0 Å². The summed E-state index contributed by atoms with van der Waals surface area (Å²) >= 11 is 6.08. The first-order chi connectivity index (χ1) is 18.7. The Hall–Kier alpha value is -4.02. The first-order valence-electron chi connectivity index (χ1n) is 12.9. The van der Waals surface area contributed by atoms with E-state index in [1.165, 1.54) is 16.8 Å². The molecule has 0 bridgehead atoms. The number of allylic oxidation sites excluding steroid dienone is 2. The van der Waals surface area contributed by atoms with Crippen molar-refractivity contribution < 1.29 is 9.47 Å². The molecular formula is C33H29ClN2O2. The molecule has 1 aliphatic carbocycles. The average Bonchev–Trinajstić information content (AvgIpc) is 3.46. The molecule has 4 aromatic rings. The van der Waals surface area contributed by atoms with Crippen LogP contribution in [0.15, 0.2) is 108 Å². The second kappa shape index (κ2) is 10.8. The summed E-state index contributed by atoms with van der Waals surface area (Å²) in [6.45, 7) is 0.413. The molecule has 0 fully saturated rings. The Kier molecular flexibility index (Phi) is 6.89. The van der Waals surface area contributed by atoms with Gasteiger partial charge in [0.25, 0.3) is 0 Å². The monoisotopic (exact) mass is 520 g/mol. The van der Waals surface area contributed by atoms with Crippen molar-refractivity contribution in [2.75, 3.05) is 12.4 Å². The van der Waals surface area contributed by atoms with E-state index in [0.29, 0.717) is 35.0 Å². The first kappa shape index (κ1) is 24.3. The van der Waals surface area contributed by atoms with Gasteiger partial charge in [0.2, 0.25) is 0 Å². The van der Waals surface area contributed by atoms with Crippen LogP contribution in [-0.4, -0.2) is 13.3 Å². The van der Waals surface area contributed by atoms with Gasteiger partial charge in [-0.2, -0.15) is 0 Å². The summed E-state index contributed by atoms with van der Waals surface area (Å²) in [5, 5.41) is 4.48. The molecule has 0 amide bonds. The molecule has 1 aliphatic heterocycles. The Morgan fingerprint density at radius 1 is 0.947 bits per heavy atom. The maximum atomic E-state index is 6.08. The molecule has 1 N–H and O–H groups in total. The molecule has 6 rings (SSSR count). The average molecular weight is 521 g/mol. The highest BCUT2D eigenvalue weighted by atomic mass is 35.5. The minimum atomic E-state index is 0.284. The zero-order chi connectivity index (χ0) is 25.9. The van der Waals surface area contributed by atoms with Gasteiger partial charge in [-0.25, -0.2) is 0 Å². The Morgan fingerprint density at radius 2 is 1.82 bits per heavy atom. The fourth-order valence-corrected chi connectivity index (χ4v) is 5.67. The van der Waals surface area contributed by atoms with E-state index in [9.17, 15) is 0 Å². The normalized spacial score (nSPS) is 19.6. The molecule has 0 unspecified atom stereocenters. The molecule has 38 heavy (non-hydrogen) atoms. The van der Waals surface area contributed by atoms with E-state index in [0.717, 1.165) is 23.2 Å². The first-order valence-corrected chi connectivity index (χ1v) is 13.3. The minimum absolute atomic E-state index is 0.284. The molecule has 3 atom stereocenters. The van der Waals surface area contributed by atoms with Gasteiger partial charge in [0.1, 0.15) is 6.61 Å². The van der Waals surface area contributed by atoms with Gasteiger partial charge in [0.05, 0.1) is 18.8 Å². The summed E-state index contributed by atoms with van der Waals surface area (Å²) < 4.78 is 11.5. The minimum Gasteiger partial charge on any atom is -0.493 e. The van der Waals surface area contributed by atoms with Crippen LogP contribution in [0, 0.1) is 5.92 Å². The molecular weight excluding hydrogens is 492 g/mol. The summed E-state index contributed by atoms with van der Waals surface area (Å²) in [5.74, 6) is 2.35. The predicted molar refractivity (Wildman–Crippen MR) is 155 cm³/mol. The van der Waals surface area contributed by atoms with Crippen molar-refractivity contribution in [2.45, 2.75) is 25.0 Å². The van der Waals surface area contributed by atoms with E-state index in [1.54, 1.807) is 7.11 Å². The molecule has 0 spiro atoms. The molecule has 1 heterocycles. The van der Waals surface area contributed by atoms with Crippen LogP contribution in [0.3, 0.4) is 0 Å². The number of fused-ring (bicyclic) bond motifs is 3. The number of rotatable bonds is 7. The third-order valence-corrected chi connectivity index (χ3v) is 7.59. The fraction of sp³-hybridized carbons (Fsp3) is 0.182. The van der Waals surface area contributed by atoms with Gasteiger partial charge < -0.3 is 14.8 Å². The largest absolute Gasteiger partial charge is 0.493 e. The Labute approximate surface area is 228 Å². The number of nitrogens with one attached hydrogen (secondary N) is 1. The highest BCUT2D eigenvalue weighted by molar-refractivity contribution is 6.30. The van der Waals surface area contributed by atoms with Gasteiger partial charge in [-0.05, 0) is 83.1 Å². The number of ether oxygens (including phenoxy) is 2. The third kappa shape index (κ3) is 5.05. The van der Waals surface area contributed by atoms with Crippen LogP contribution >= 0.6 is 11.6 Å². The SMILES string of the molecule is COc1cc(C=Nc2ccc([C@@H]3Nc4ccccc4[C@H]4C=CC[C@@H]43)cc2)ccc1OCc1cccc(Cl)c1. The summed E-state index contributed by atoms with van der Waals surface area (Å²) in [5.41, 5.74) is 6.78. The van der Waals surface area contributed by atoms with Crippen molar-refractivity contribution in [3.8, 4) is 11.5 Å². The molecule has 190 valence electrons. The fourth-order valence-electron chi connectivity index (χ4n) is 5.46. The van der Waals surface area contributed by atoms with Crippen LogP contribution in [-0.2, 0) is 6.61 Å². The zero-order valence-corrected chi connectivity index (χ0v) is 21.9. The third-order valence-electron chi connectivity index (χ3n) is 7.36. The second-order valence-corrected chi connectivity index (χ2v) is 10.2. The van der Waals surface area contributed by atoms with Crippen molar-refractivity contribution in [3.63, 3.8) is 0 Å². The van der Waals surface area contributed by atoms with Crippen LogP contribution in [0.4, 0.5) is 11.4 Å². The van der Waals surface area contributed by atoms with Gasteiger partial charge in [-0.1, -0.05) is 66.2 Å². The number of nitrogens with zero attached hydrogens (tertiary/aromatic N) is 1. The summed E-state index contributed by atoms with van der Waals surface area (Å²) in [6.07, 6.45) is 7.64. The lowest BCUT2D eigenvalue weighted by Gasteiger charge is -2.37. The number of hydrogen-bond acceptors (Lipinski definition) is 4. The van der Waals surface area contributed by atoms with Crippen LogP contribution in [0.5, 0.6) is 11.5 Å². The van der Waals surface area contributed by atoms with Crippen molar-refractivity contribution >= 4 is 29.2 Å². The number of halogens is 1. The van der Waals surface area contributed by atoms with E-state index in [1.807, 2.05) is 48.7 Å². The summed E-state index contributed by atoms with van der Waals surface area (Å²) in [4.78, 5) is 4.70. The molecule has 4 nitrogen and oxygen atoms in total. The van der Waals surface area contributed by atoms with E-state index >= 15 is 0 Å². The molecule has 0 saturated heterocycles. The van der Waals surface area contributed by atoms with Crippen molar-refractivity contribution in [3.05, 3.63) is 130 Å². The van der Waals surface area contributed by atoms with Crippen molar-refractivity contribution in [1.29, 1.82) is 0 Å². The lowest BCUT2D eigenvalue weighted by atomic mass is 9.77.